The molecule has 1 aromatic carbocycles. The van der Waals surface area contributed by atoms with Gasteiger partial charge in [0.05, 0.1) is 12.6 Å². The second-order valence-corrected chi connectivity index (χ2v) is 3.60. The SMILES string of the molecule is CC(NC(=O)CN)c1ccc(NC(N)=O)cc1. The molecule has 0 saturated heterocycles. The Balaban J connectivity index is 2.66. The molecule has 0 radical (unpaired) electrons. The van der Waals surface area contributed by atoms with Crippen molar-refractivity contribution in [2.45, 2.75) is 13.0 Å². The van der Waals surface area contributed by atoms with Gasteiger partial charge in [-0.25, -0.2) is 4.79 Å². The molecule has 0 aliphatic rings. The molecule has 0 fully saturated rings. The number of amides is 3. The Morgan fingerprint density at radius 2 is 1.88 bits per heavy atom. The van der Waals surface area contributed by atoms with Crippen molar-refractivity contribution in [2.75, 3.05) is 11.9 Å². The maximum Gasteiger partial charge on any atom is 0.316 e. The minimum Gasteiger partial charge on any atom is -0.351 e. The van der Waals surface area contributed by atoms with Crippen LogP contribution >= 0.6 is 0 Å². The maximum atomic E-state index is 11.1. The predicted molar refractivity (Wildman–Crippen MR) is 65.3 cm³/mol. The number of primary amides is 1. The van der Waals surface area contributed by atoms with Gasteiger partial charge >= 0.3 is 6.03 Å². The van der Waals surface area contributed by atoms with Gasteiger partial charge in [-0.1, -0.05) is 12.1 Å². The van der Waals surface area contributed by atoms with Crippen LogP contribution in [0.25, 0.3) is 0 Å². The van der Waals surface area contributed by atoms with E-state index in [9.17, 15) is 9.59 Å². The molecule has 17 heavy (non-hydrogen) atoms. The minimum atomic E-state index is -0.609. The summed E-state index contributed by atoms with van der Waals surface area (Å²) in [6.45, 7) is 1.82. The van der Waals surface area contributed by atoms with Crippen LogP contribution in [-0.4, -0.2) is 18.5 Å². The first-order chi connectivity index (χ1) is 8.02. The van der Waals surface area contributed by atoms with E-state index in [2.05, 4.69) is 10.6 Å². The summed E-state index contributed by atoms with van der Waals surface area (Å²) in [6.07, 6.45) is 0. The third kappa shape index (κ3) is 4.12. The summed E-state index contributed by atoms with van der Waals surface area (Å²) in [5.74, 6) is -0.211. The standard InChI is InChI=1S/C11H16N4O2/c1-7(14-10(16)6-12)8-2-4-9(5-3-8)15-11(13)17/h2-5,7H,6,12H2,1H3,(H,14,16)(H3,13,15,17). The molecule has 0 aliphatic heterocycles. The van der Waals surface area contributed by atoms with E-state index in [-0.39, 0.29) is 18.5 Å². The summed E-state index contributed by atoms with van der Waals surface area (Å²) in [5.41, 5.74) is 11.7. The molecule has 1 aromatic rings. The molecule has 92 valence electrons. The molecule has 0 saturated carbocycles. The van der Waals surface area contributed by atoms with Crippen LogP contribution in [-0.2, 0) is 4.79 Å². The highest BCUT2D eigenvalue weighted by molar-refractivity contribution is 5.87. The second kappa shape index (κ2) is 5.86. The Labute approximate surface area is 99.4 Å². The van der Waals surface area contributed by atoms with Crippen LogP contribution < -0.4 is 22.1 Å². The molecule has 6 heteroatoms. The lowest BCUT2D eigenvalue weighted by atomic mass is 10.1. The number of hydrogen-bond donors (Lipinski definition) is 4. The van der Waals surface area contributed by atoms with Gasteiger partial charge in [-0.2, -0.15) is 0 Å². The molecule has 0 aromatic heterocycles. The quantitative estimate of drug-likeness (QED) is 0.604. The lowest BCUT2D eigenvalue weighted by Crippen LogP contribution is -2.32. The number of carbonyl (C=O) groups is 2. The molecular formula is C11H16N4O2. The van der Waals surface area contributed by atoms with Crippen LogP contribution in [0, 0.1) is 0 Å². The van der Waals surface area contributed by atoms with E-state index in [0.29, 0.717) is 5.69 Å². The molecule has 3 amide bonds. The van der Waals surface area contributed by atoms with Crippen molar-refractivity contribution in [3.8, 4) is 0 Å². The lowest BCUT2D eigenvalue weighted by Gasteiger charge is -2.14. The third-order valence-electron chi connectivity index (χ3n) is 2.24. The highest BCUT2D eigenvalue weighted by Gasteiger charge is 2.07. The van der Waals surface area contributed by atoms with Gasteiger partial charge < -0.3 is 22.1 Å². The molecule has 1 atom stereocenters. The van der Waals surface area contributed by atoms with Crippen molar-refractivity contribution in [1.29, 1.82) is 0 Å². The molecular weight excluding hydrogens is 220 g/mol. The van der Waals surface area contributed by atoms with Gasteiger partial charge in [-0.05, 0) is 24.6 Å². The normalized spacial score (nSPS) is 11.6. The van der Waals surface area contributed by atoms with E-state index in [0.717, 1.165) is 5.56 Å². The van der Waals surface area contributed by atoms with E-state index in [4.69, 9.17) is 11.5 Å². The van der Waals surface area contributed by atoms with E-state index in [1.807, 2.05) is 6.92 Å². The smallest absolute Gasteiger partial charge is 0.316 e. The van der Waals surface area contributed by atoms with Gasteiger partial charge in [0.15, 0.2) is 0 Å². The number of urea groups is 1. The van der Waals surface area contributed by atoms with Crippen molar-refractivity contribution >= 4 is 17.6 Å². The van der Waals surface area contributed by atoms with E-state index < -0.39 is 6.03 Å². The molecule has 0 bridgehead atoms. The Bertz CT molecular complexity index is 402. The zero-order chi connectivity index (χ0) is 12.8. The zero-order valence-electron chi connectivity index (χ0n) is 9.57. The number of carbonyl (C=O) groups excluding carboxylic acids is 2. The fourth-order valence-electron chi connectivity index (χ4n) is 1.38. The summed E-state index contributed by atoms with van der Waals surface area (Å²) in [4.78, 5) is 21.7. The van der Waals surface area contributed by atoms with Crippen LogP contribution in [0.1, 0.15) is 18.5 Å². The van der Waals surface area contributed by atoms with Gasteiger partial charge in [0.25, 0.3) is 0 Å². The van der Waals surface area contributed by atoms with Crippen molar-refractivity contribution in [3.63, 3.8) is 0 Å². The monoisotopic (exact) mass is 236 g/mol. The summed E-state index contributed by atoms with van der Waals surface area (Å²) in [5, 5.41) is 5.18. The summed E-state index contributed by atoms with van der Waals surface area (Å²) >= 11 is 0. The fourth-order valence-corrected chi connectivity index (χ4v) is 1.38. The van der Waals surface area contributed by atoms with Crippen LogP contribution in [0.5, 0.6) is 0 Å². The van der Waals surface area contributed by atoms with Crippen molar-refractivity contribution in [2.24, 2.45) is 11.5 Å². The maximum absolute atomic E-state index is 11.1. The predicted octanol–water partition coefficient (Wildman–Crippen LogP) is 0.313. The Morgan fingerprint density at radius 3 is 2.35 bits per heavy atom. The molecule has 6 N–H and O–H groups in total. The first kappa shape index (κ1) is 13.0. The van der Waals surface area contributed by atoms with Crippen molar-refractivity contribution in [1.82, 2.24) is 5.32 Å². The molecule has 1 unspecified atom stereocenters. The fraction of sp³-hybridized carbons (Fsp3) is 0.273. The third-order valence-corrected chi connectivity index (χ3v) is 2.24. The number of benzene rings is 1. The highest BCUT2D eigenvalue weighted by atomic mass is 16.2. The van der Waals surface area contributed by atoms with Gasteiger partial charge in [0.1, 0.15) is 0 Å². The Morgan fingerprint density at radius 1 is 1.29 bits per heavy atom. The summed E-state index contributed by atoms with van der Waals surface area (Å²) in [7, 11) is 0. The lowest BCUT2D eigenvalue weighted by molar-refractivity contribution is -0.120. The molecule has 1 rings (SSSR count). The number of nitrogens with two attached hydrogens (primary N) is 2. The number of rotatable bonds is 4. The van der Waals surface area contributed by atoms with Crippen LogP contribution in [0.3, 0.4) is 0 Å². The first-order valence-corrected chi connectivity index (χ1v) is 5.18. The Kier molecular flexibility index (Phi) is 4.47. The molecule has 6 nitrogen and oxygen atoms in total. The highest BCUT2D eigenvalue weighted by Crippen LogP contribution is 2.15. The molecule has 0 aliphatic carbocycles. The number of anilines is 1. The molecule has 0 spiro atoms. The van der Waals surface area contributed by atoms with E-state index in [1.165, 1.54) is 0 Å². The van der Waals surface area contributed by atoms with Crippen LogP contribution in [0.2, 0.25) is 0 Å². The number of hydrogen-bond acceptors (Lipinski definition) is 3. The summed E-state index contributed by atoms with van der Waals surface area (Å²) < 4.78 is 0. The van der Waals surface area contributed by atoms with Crippen LogP contribution in [0.4, 0.5) is 10.5 Å². The first-order valence-electron chi connectivity index (χ1n) is 5.18. The number of nitrogens with one attached hydrogen (secondary N) is 2. The Hall–Kier alpha value is -2.08. The van der Waals surface area contributed by atoms with Gasteiger partial charge in [-0.3, -0.25) is 4.79 Å². The van der Waals surface area contributed by atoms with Crippen LogP contribution in [0.15, 0.2) is 24.3 Å². The second-order valence-electron chi connectivity index (χ2n) is 3.60. The zero-order valence-corrected chi connectivity index (χ0v) is 9.57. The van der Waals surface area contributed by atoms with Crippen molar-refractivity contribution < 1.29 is 9.59 Å². The van der Waals surface area contributed by atoms with E-state index in [1.54, 1.807) is 24.3 Å². The van der Waals surface area contributed by atoms with Crippen molar-refractivity contribution in [3.05, 3.63) is 29.8 Å². The largest absolute Gasteiger partial charge is 0.351 e. The van der Waals surface area contributed by atoms with Gasteiger partial charge in [0, 0.05) is 5.69 Å². The van der Waals surface area contributed by atoms with Gasteiger partial charge in [-0.15, -0.1) is 0 Å². The summed E-state index contributed by atoms with van der Waals surface area (Å²) in [6, 6.07) is 6.28. The average molecular weight is 236 g/mol. The molecule has 0 heterocycles. The minimum absolute atomic E-state index is 0.0361. The van der Waals surface area contributed by atoms with E-state index >= 15 is 0 Å². The van der Waals surface area contributed by atoms with Gasteiger partial charge in [0.2, 0.25) is 5.91 Å². The average Bonchev–Trinajstić information content (AvgIpc) is 2.28. The topological polar surface area (TPSA) is 110 Å².